The van der Waals surface area contributed by atoms with Gasteiger partial charge in [0.15, 0.2) is 6.29 Å². The molecule has 1 fully saturated rings. The SMILES string of the molecule is CCCCCCCCCCCCCCCCCCCCCCCC/C=C/CC/C=C/C(O)C(COC1OC(CO)C(O)C(O)C1O)NC(=O)CCCCCCCCCCCCCCCCCCCCCCCCCCCCCCCCC. The van der Waals surface area contributed by atoms with Crippen molar-refractivity contribution in [2.45, 2.75) is 423 Å². The summed E-state index contributed by atoms with van der Waals surface area (Å²) in [7, 11) is 0. The van der Waals surface area contributed by atoms with E-state index >= 15 is 0 Å². The minimum Gasteiger partial charge on any atom is -0.394 e. The van der Waals surface area contributed by atoms with Gasteiger partial charge in [0.2, 0.25) is 5.91 Å². The Balaban J connectivity index is 2.12. The number of carbonyl (C=O) groups is 1. The van der Waals surface area contributed by atoms with Crippen LogP contribution in [0.3, 0.4) is 0 Å². The molecule has 0 aromatic heterocycles. The Kier molecular flexibility index (Phi) is 60.2. The summed E-state index contributed by atoms with van der Waals surface area (Å²) in [5.74, 6) is -0.177. The van der Waals surface area contributed by atoms with Crippen LogP contribution in [0.15, 0.2) is 24.3 Å². The molecule has 9 nitrogen and oxygen atoms in total. The zero-order valence-corrected chi connectivity index (χ0v) is 54.5. The third-order valence-electron chi connectivity index (χ3n) is 17.8. The van der Waals surface area contributed by atoms with Gasteiger partial charge in [0.05, 0.1) is 25.4 Å². The molecule has 1 aliphatic rings. The average molecular weight is 1160 g/mol. The normalized spacial score (nSPS) is 18.4. The molecule has 1 saturated heterocycles. The van der Waals surface area contributed by atoms with Gasteiger partial charge >= 0.3 is 0 Å². The van der Waals surface area contributed by atoms with Crippen molar-refractivity contribution in [1.29, 1.82) is 0 Å². The van der Waals surface area contributed by atoms with Crippen LogP contribution in [0.25, 0.3) is 0 Å². The molecule has 82 heavy (non-hydrogen) atoms. The molecule has 0 aromatic rings. The van der Waals surface area contributed by atoms with E-state index in [2.05, 4.69) is 31.3 Å². The fraction of sp³-hybridized carbons (Fsp3) is 0.932. The fourth-order valence-corrected chi connectivity index (χ4v) is 12.1. The summed E-state index contributed by atoms with van der Waals surface area (Å²) in [5.41, 5.74) is 0. The second kappa shape index (κ2) is 62.7. The summed E-state index contributed by atoms with van der Waals surface area (Å²) in [4.78, 5) is 13.1. The standard InChI is InChI=1S/C73H141NO8/c1-3-5-7-9-11-13-15-17-19-21-23-25-27-29-31-33-34-35-37-39-41-43-45-47-49-51-53-55-57-59-61-63-69(77)74-66(65-81-73-72(80)71(79)70(78)68(64-75)82-73)67(76)62-60-58-56-54-52-50-48-46-44-42-40-38-36-32-30-28-26-24-22-20-18-16-14-12-10-8-6-4-2/h52,54,60,62,66-68,70-73,75-76,78-80H,3-51,53,55-59,61,63-65H2,1-2H3,(H,74,77)/b54-52+,62-60+. The van der Waals surface area contributed by atoms with Crippen molar-refractivity contribution in [1.82, 2.24) is 5.32 Å². The number of nitrogens with one attached hydrogen (secondary N) is 1. The molecule has 486 valence electrons. The summed E-state index contributed by atoms with van der Waals surface area (Å²) >= 11 is 0. The number of hydrogen-bond donors (Lipinski definition) is 6. The Morgan fingerprint density at radius 1 is 0.402 bits per heavy atom. The van der Waals surface area contributed by atoms with Gasteiger partial charge in [-0.3, -0.25) is 4.79 Å². The van der Waals surface area contributed by atoms with Gasteiger partial charge in [-0.2, -0.15) is 0 Å². The highest BCUT2D eigenvalue weighted by Crippen LogP contribution is 2.24. The van der Waals surface area contributed by atoms with Crippen LogP contribution in [0.1, 0.15) is 380 Å². The highest BCUT2D eigenvalue weighted by molar-refractivity contribution is 5.76. The first-order chi connectivity index (χ1) is 40.3. The summed E-state index contributed by atoms with van der Waals surface area (Å²) in [5, 5.41) is 54.8. The fourth-order valence-electron chi connectivity index (χ4n) is 12.1. The van der Waals surface area contributed by atoms with Crippen LogP contribution in [0.2, 0.25) is 0 Å². The van der Waals surface area contributed by atoms with E-state index in [1.807, 2.05) is 6.08 Å². The lowest BCUT2D eigenvalue weighted by Crippen LogP contribution is -2.60. The van der Waals surface area contributed by atoms with E-state index in [9.17, 15) is 30.3 Å². The molecule has 6 N–H and O–H groups in total. The first-order valence-electron chi connectivity index (χ1n) is 36.6. The third-order valence-corrected chi connectivity index (χ3v) is 17.8. The van der Waals surface area contributed by atoms with Crippen molar-refractivity contribution in [2.75, 3.05) is 13.2 Å². The lowest BCUT2D eigenvalue weighted by atomic mass is 9.99. The van der Waals surface area contributed by atoms with Crippen molar-refractivity contribution < 1.29 is 39.8 Å². The van der Waals surface area contributed by atoms with Gasteiger partial charge in [0, 0.05) is 6.42 Å². The largest absolute Gasteiger partial charge is 0.394 e. The topological polar surface area (TPSA) is 149 Å². The lowest BCUT2D eigenvalue weighted by molar-refractivity contribution is -0.302. The first kappa shape index (κ1) is 78.7. The second-order valence-electron chi connectivity index (χ2n) is 25.7. The van der Waals surface area contributed by atoms with Crippen LogP contribution < -0.4 is 5.32 Å². The molecular weight excluding hydrogens is 1020 g/mol. The van der Waals surface area contributed by atoms with Gasteiger partial charge in [-0.05, 0) is 32.1 Å². The molecule has 1 amide bonds. The van der Waals surface area contributed by atoms with Crippen LogP contribution >= 0.6 is 0 Å². The van der Waals surface area contributed by atoms with E-state index in [4.69, 9.17) is 9.47 Å². The van der Waals surface area contributed by atoms with E-state index in [-0.39, 0.29) is 12.5 Å². The molecule has 7 atom stereocenters. The minimum absolute atomic E-state index is 0.177. The zero-order chi connectivity index (χ0) is 59.3. The second-order valence-corrected chi connectivity index (χ2v) is 25.7. The number of amides is 1. The van der Waals surface area contributed by atoms with Gasteiger partial charge in [0.1, 0.15) is 24.4 Å². The number of allylic oxidation sites excluding steroid dienone is 3. The van der Waals surface area contributed by atoms with Gasteiger partial charge in [-0.25, -0.2) is 0 Å². The lowest BCUT2D eigenvalue weighted by Gasteiger charge is -2.40. The summed E-state index contributed by atoms with van der Waals surface area (Å²) in [6.45, 7) is 3.83. The molecule has 1 heterocycles. The maximum atomic E-state index is 13.1. The highest BCUT2D eigenvalue weighted by atomic mass is 16.7. The summed E-state index contributed by atoms with van der Waals surface area (Å²) in [6, 6.07) is -0.820. The number of aliphatic hydroxyl groups excluding tert-OH is 5. The highest BCUT2D eigenvalue weighted by Gasteiger charge is 2.44. The van der Waals surface area contributed by atoms with E-state index in [1.165, 1.54) is 321 Å². The molecule has 0 aliphatic carbocycles. The number of unbranched alkanes of at least 4 members (excludes halogenated alkanes) is 53. The molecule has 7 unspecified atom stereocenters. The summed E-state index contributed by atoms with van der Waals surface area (Å²) in [6.07, 6.45) is 75.9. The molecule has 0 saturated carbocycles. The van der Waals surface area contributed by atoms with Crippen molar-refractivity contribution in [3.8, 4) is 0 Å². The zero-order valence-electron chi connectivity index (χ0n) is 54.5. The molecule has 0 spiro atoms. The van der Waals surface area contributed by atoms with Crippen molar-refractivity contribution in [3.05, 3.63) is 24.3 Å². The monoisotopic (exact) mass is 1160 g/mol. The molecule has 1 aliphatic heterocycles. The maximum absolute atomic E-state index is 13.1. The van der Waals surface area contributed by atoms with Crippen molar-refractivity contribution in [2.24, 2.45) is 0 Å². The van der Waals surface area contributed by atoms with E-state index in [1.54, 1.807) is 6.08 Å². The number of rotatable bonds is 65. The average Bonchev–Trinajstić information content (AvgIpc) is 3.54. The Morgan fingerprint density at radius 2 is 0.695 bits per heavy atom. The number of hydrogen-bond acceptors (Lipinski definition) is 8. The Morgan fingerprint density at radius 3 is 1.02 bits per heavy atom. The van der Waals surface area contributed by atoms with E-state index in [0.29, 0.717) is 6.42 Å². The van der Waals surface area contributed by atoms with Crippen LogP contribution in [0, 0.1) is 0 Å². The number of ether oxygens (including phenoxy) is 2. The molecule has 0 radical (unpaired) electrons. The van der Waals surface area contributed by atoms with Crippen molar-refractivity contribution in [3.63, 3.8) is 0 Å². The van der Waals surface area contributed by atoms with Gasteiger partial charge < -0.3 is 40.3 Å². The maximum Gasteiger partial charge on any atom is 0.220 e. The van der Waals surface area contributed by atoms with Gasteiger partial charge in [-0.1, -0.05) is 366 Å². The first-order valence-corrected chi connectivity index (χ1v) is 36.6. The van der Waals surface area contributed by atoms with Crippen LogP contribution in [0.5, 0.6) is 0 Å². The van der Waals surface area contributed by atoms with E-state index < -0.39 is 49.5 Å². The van der Waals surface area contributed by atoms with Crippen LogP contribution in [-0.4, -0.2) is 87.5 Å². The number of carbonyl (C=O) groups excluding carboxylic acids is 1. The molecule has 0 aromatic carbocycles. The summed E-state index contributed by atoms with van der Waals surface area (Å²) < 4.78 is 11.3. The van der Waals surface area contributed by atoms with Gasteiger partial charge in [-0.15, -0.1) is 0 Å². The third kappa shape index (κ3) is 50.8. The molecule has 9 heteroatoms. The molecular formula is C73H141NO8. The van der Waals surface area contributed by atoms with Gasteiger partial charge in [0.25, 0.3) is 0 Å². The Bertz CT molecular complexity index is 1340. The van der Waals surface area contributed by atoms with Crippen LogP contribution in [0.4, 0.5) is 0 Å². The molecule has 0 bridgehead atoms. The van der Waals surface area contributed by atoms with Crippen LogP contribution in [-0.2, 0) is 14.3 Å². The molecule has 1 rings (SSSR count). The van der Waals surface area contributed by atoms with E-state index in [0.717, 1.165) is 38.5 Å². The predicted molar refractivity (Wildman–Crippen MR) is 350 cm³/mol. The van der Waals surface area contributed by atoms with Crippen molar-refractivity contribution >= 4 is 5.91 Å². The number of aliphatic hydroxyl groups is 5. The quantitative estimate of drug-likeness (QED) is 0.0261. The Hall–Kier alpha value is -1.33. The predicted octanol–water partition coefficient (Wildman–Crippen LogP) is 20.0. The Labute approximate surface area is 509 Å². The minimum atomic E-state index is -1.57. The smallest absolute Gasteiger partial charge is 0.220 e.